The summed E-state index contributed by atoms with van der Waals surface area (Å²) in [5, 5.41) is 4.17. The Kier molecular flexibility index (Phi) is 6.14. The number of ether oxygens (including phenoxy) is 1. The molecule has 0 amide bonds. The molecule has 0 atom stereocenters. The fourth-order valence-electron chi connectivity index (χ4n) is 2.10. The number of nitrogens with one attached hydrogen (secondary N) is 1. The molecular formula is C19H24ClNO. The molecule has 118 valence electrons. The molecule has 0 heterocycles. The van der Waals surface area contributed by atoms with Crippen LogP contribution in [0.1, 0.15) is 31.4 Å². The maximum atomic E-state index is 6.03. The Balaban J connectivity index is 1.87. The first kappa shape index (κ1) is 16.7. The quantitative estimate of drug-likeness (QED) is 0.708. The zero-order chi connectivity index (χ0) is 15.9. The largest absolute Gasteiger partial charge is 0.494 e. The third-order valence-electron chi connectivity index (χ3n) is 3.57. The maximum Gasteiger partial charge on any atom is 0.119 e. The molecule has 0 aliphatic carbocycles. The molecule has 2 aromatic carbocycles. The molecule has 2 nitrogen and oxygen atoms in total. The predicted octanol–water partition coefficient (Wildman–Crippen LogP) is 5.69. The highest BCUT2D eigenvalue weighted by Crippen LogP contribution is 2.21. The number of rotatable bonds is 7. The van der Waals surface area contributed by atoms with E-state index in [1.165, 1.54) is 11.1 Å². The molecule has 22 heavy (non-hydrogen) atoms. The molecule has 0 aliphatic rings. The van der Waals surface area contributed by atoms with Crippen molar-refractivity contribution in [2.45, 2.75) is 33.7 Å². The number of benzene rings is 2. The predicted molar refractivity (Wildman–Crippen MR) is 94.9 cm³/mol. The van der Waals surface area contributed by atoms with Crippen molar-refractivity contribution in [1.82, 2.24) is 0 Å². The summed E-state index contributed by atoms with van der Waals surface area (Å²) in [5.74, 6) is 1.60. The van der Waals surface area contributed by atoms with Crippen molar-refractivity contribution in [3.05, 3.63) is 58.6 Å². The lowest BCUT2D eigenvalue weighted by Crippen LogP contribution is -2.03. The molecule has 0 aromatic heterocycles. The number of hydrogen-bond acceptors (Lipinski definition) is 2. The van der Waals surface area contributed by atoms with E-state index in [2.05, 4.69) is 38.2 Å². The van der Waals surface area contributed by atoms with E-state index in [1.54, 1.807) is 0 Å². The summed E-state index contributed by atoms with van der Waals surface area (Å²) in [6, 6.07) is 14.1. The normalized spacial score (nSPS) is 10.8. The van der Waals surface area contributed by atoms with Crippen LogP contribution in [0.4, 0.5) is 5.69 Å². The van der Waals surface area contributed by atoms with Gasteiger partial charge in [0.2, 0.25) is 0 Å². The molecule has 0 fully saturated rings. The molecule has 0 bridgehead atoms. The highest BCUT2D eigenvalue weighted by molar-refractivity contribution is 6.30. The van der Waals surface area contributed by atoms with E-state index >= 15 is 0 Å². The third-order valence-corrected chi connectivity index (χ3v) is 3.80. The zero-order valence-corrected chi connectivity index (χ0v) is 14.3. The highest BCUT2D eigenvalue weighted by atomic mass is 35.5. The molecular weight excluding hydrogens is 294 g/mol. The van der Waals surface area contributed by atoms with Crippen molar-refractivity contribution in [3.63, 3.8) is 0 Å². The van der Waals surface area contributed by atoms with E-state index < -0.39 is 0 Å². The molecule has 2 aromatic rings. The van der Waals surface area contributed by atoms with E-state index in [0.29, 0.717) is 5.92 Å². The molecule has 0 spiro atoms. The minimum absolute atomic E-state index is 0.671. The Morgan fingerprint density at radius 3 is 2.50 bits per heavy atom. The Labute approximate surface area is 138 Å². The summed E-state index contributed by atoms with van der Waals surface area (Å²) in [6.07, 6.45) is 1.08. The van der Waals surface area contributed by atoms with Crippen LogP contribution < -0.4 is 10.1 Å². The molecule has 0 saturated carbocycles. The summed E-state index contributed by atoms with van der Waals surface area (Å²) in [6.45, 7) is 8.03. The molecule has 0 saturated heterocycles. The number of aryl methyl sites for hydroxylation is 1. The lowest BCUT2D eigenvalue weighted by Gasteiger charge is -2.11. The first-order valence-electron chi connectivity index (χ1n) is 7.76. The van der Waals surface area contributed by atoms with Gasteiger partial charge in [-0.3, -0.25) is 0 Å². The van der Waals surface area contributed by atoms with Gasteiger partial charge in [-0.05, 0) is 54.7 Å². The van der Waals surface area contributed by atoms with Gasteiger partial charge in [0.05, 0.1) is 6.61 Å². The van der Waals surface area contributed by atoms with Gasteiger partial charge in [-0.25, -0.2) is 0 Å². The van der Waals surface area contributed by atoms with Crippen LogP contribution in [0.5, 0.6) is 5.75 Å². The lowest BCUT2D eigenvalue weighted by atomic mass is 10.1. The van der Waals surface area contributed by atoms with Gasteiger partial charge in [-0.2, -0.15) is 0 Å². The summed E-state index contributed by atoms with van der Waals surface area (Å²) >= 11 is 6.03. The SMILES string of the molecule is Cc1ccc(Cl)cc1NCc1ccc(OCCC(C)C)cc1. The zero-order valence-electron chi connectivity index (χ0n) is 13.5. The Morgan fingerprint density at radius 2 is 1.82 bits per heavy atom. The van der Waals surface area contributed by atoms with Gasteiger partial charge < -0.3 is 10.1 Å². The summed E-state index contributed by atoms with van der Waals surface area (Å²) in [5.41, 5.74) is 3.48. The van der Waals surface area contributed by atoms with Crippen LogP contribution in [-0.4, -0.2) is 6.61 Å². The van der Waals surface area contributed by atoms with Crippen LogP contribution in [0.25, 0.3) is 0 Å². The Hall–Kier alpha value is -1.67. The van der Waals surface area contributed by atoms with Gasteiger partial charge >= 0.3 is 0 Å². The molecule has 0 radical (unpaired) electrons. The number of anilines is 1. The number of hydrogen-bond donors (Lipinski definition) is 1. The van der Waals surface area contributed by atoms with Crippen molar-refractivity contribution < 1.29 is 4.74 Å². The standard InChI is InChI=1S/C19H24ClNO/c1-14(2)10-11-22-18-8-5-16(6-9-18)13-21-19-12-17(20)7-4-15(19)3/h4-9,12,14,21H,10-11,13H2,1-3H3. The fraction of sp³-hybridized carbons (Fsp3) is 0.368. The van der Waals surface area contributed by atoms with Gasteiger partial charge in [0.25, 0.3) is 0 Å². The topological polar surface area (TPSA) is 21.3 Å². The van der Waals surface area contributed by atoms with E-state index in [4.69, 9.17) is 16.3 Å². The van der Waals surface area contributed by atoms with Crippen molar-refractivity contribution in [1.29, 1.82) is 0 Å². The monoisotopic (exact) mass is 317 g/mol. The number of halogens is 1. The molecule has 0 unspecified atom stereocenters. The summed E-state index contributed by atoms with van der Waals surface area (Å²) in [7, 11) is 0. The first-order valence-corrected chi connectivity index (χ1v) is 8.14. The van der Waals surface area contributed by atoms with Crippen LogP contribution in [0.15, 0.2) is 42.5 Å². The van der Waals surface area contributed by atoms with E-state index in [-0.39, 0.29) is 0 Å². The van der Waals surface area contributed by atoms with E-state index in [0.717, 1.165) is 36.0 Å². The Bertz CT molecular complexity index is 593. The van der Waals surface area contributed by atoms with Crippen LogP contribution in [0.3, 0.4) is 0 Å². The van der Waals surface area contributed by atoms with Gasteiger partial charge in [0.15, 0.2) is 0 Å². The van der Waals surface area contributed by atoms with E-state index in [1.807, 2.05) is 30.3 Å². The van der Waals surface area contributed by atoms with Gasteiger partial charge in [-0.15, -0.1) is 0 Å². The summed E-state index contributed by atoms with van der Waals surface area (Å²) in [4.78, 5) is 0. The summed E-state index contributed by atoms with van der Waals surface area (Å²) < 4.78 is 5.73. The van der Waals surface area contributed by atoms with Gasteiger partial charge in [0, 0.05) is 17.3 Å². The highest BCUT2D eigenvalue weighted by Gasteiger charge is 2.01. The van der Waals surface area contributed by atoms with Crippen LogP contribution in [0.2, 0.25) is 5.02 Å². The van der Waals surface area contributed by atoms with Gasteiger partial charge in [0.1, 0.15) is 5.75 Å². The smallest absolute Gasteiger partial charge is 0.119 e. The van der Waals surface area contributed by atoms with E-state index in [9.17, 15) is 0 Å². The molecule has 0 aliphatic heterocycles. The minimum Gasteiger partial charge on any atom is -0.494 e. The lowest BCUT2D eigenvalue weighted by molar-refractivity contribution is 0.289. The van der Waals surface area contributed by atoms with Crippen LogP contribution >= 0.6 is 11.6 Å². The maximum absolute atomic E-state index is 6.03. The average molecular weight is 318 g/mol. The van der Waals surface area contributed by atoms with Crippen molar-refractivity contribution in [3.8, 4) is 5.75 Å². The Morgan fingerprint density at radius 1 is 1.09 bits per heavy atom. The molecule has 2 rings (SSSR count). The minimum atomic E-state index is 0.671. The van der Waals surface area contributed by atoms with Crippen molar-refractivity contribution >= 4 is 17.3 Å². The van der Waals surface area contributed by atoms with Gasteiger partial charge in [-0.1, -0.05) is 43.6 Å². The van der Waals surface area contributed by atoms with Crippen molar-refractivity contribution in [2.24, 2.45) is 5.92 Å². The fourth-order valence-corrected chi connectivity index (χ4v) is 2.27. The van der Waals surface area contributed by atoms with Crippen LogP contribution in [-0.2, 0) is 6.54 Å². The third kappa shape index (κ3) is 5.27. The second kappa shape index (κ2) is 8.09. The first-order chi connectivity index (χ1) is 10.5. The molecule has 1 N–H and O–H groups in total. The van der Waals surface area contributed by atoms with Crippen LogP contribution in [0, 0.1) is 12.8 Å². The second-order valence-electron chi connectivity index (χ2n) is 5.99. The second-order valence-corrected chi connectivity index (χ2v) is 6.42. The van der Waals surface area contributed by atoms with Crippen molar-refractivity contribution in [2.75, 3.05) is 11.9 Å². The average Bonchev–Trinajstić information content (AvgIpc) is 2.49. The molecule has 3 heteroatoms.